The number of nitrogens with zero attached hydrogens (tertiary/aromatic N) is 4. The van der Waals surface area contributed by atoms with Gasteiger partial charge in [-0.2, -0.15) is 4.98 Å². The third-order valence-corrected chi connectivity index (χ3v) is 5.79. The van der Waals surface area contributed by atoms with Gasteiger partial charge in [0.1, 0.15) is 18.0 Å². The number of rotatable bonds is 6. The second-order valence-electron chi connectivity index (χ2n) is 9.34. The van der Waals surface area contributed by atoms with Gasteiger partial charge in [0.15, 0.2) is 5.82 Å². The maximum Gasteiger partial charge on any atom is 0.264 e. The van der Waals surface area contributed by atoms with Crippen molar-refractivity contribution in [2.24, 2.45) is 0 Å². The zero-order chi connectivity index (χ0) is 25.3. The van der Waals surface area contributed by atoms with Crippen LogP contribution < -0.4 is 10.3 Å². The molecule has 7 heteroatoms. The molecule has 0 atom stereocenters. The van der Waals surface area contributed by atoms with E-state index in [9.17, 15) is 9.90 Å². The minimum atomic E-state index is -1.16. The van der Waals surface area contributed by atoms with Crippen LogP contribution in [0.3, 0.4) is 0 Å². The molecule has 0 aliphatic heterocycles. The van der Waals surface area contributed by atoms with Crippen molar-refractivity contribution in [3.05, 3.63) is 99.0 Å². The summed E-state index contributed by atoms with van der Waals surface area (Å²) in [5.74, 6) is 1.20. The summed E-state index contributed by atoms with van der Waals surface area (Å²) in [6, 6.07) is 15.6. The predicted molar refractivity (Wildman–Crippen MR) is 136 cm³/mol. The molecule has 0 aliphatic carbocycles. The number of hydrogen-bond acceptors (Lipinski definition) is 6. The van der Waals surface area contributed by atoms with E-state index in [1.54, 1.807) is 38.5 Å². The highest BCUT2D eigenvalue weighted by molar-refractivity contribution is 5.65. The average molecular weight is 471 g/mol. The van der Waals surface area contributed by atoms with Gasteiger partial charge in [-0.15, -0.1) is 0 Å². The van der Waals surface area contributed by atoms with E-state index in [0.29, 0.717) is 41.1 Å². The van der Waals surface area contributed by atoms with Crippen LogP contribution in [-0.2, 0) is 12.2 Å². The Balaban J connectivity index is 1.71. The van der Waals surface area contributed by atoms with Crippen LogP contribution in [0, 0.1) is 27.7 Å². The highest BCUT2D eigenvalue weighted by Crippen LogP contribution is 2.26. The number of aryl methyl sites for hydroxylation is 3. The molecule has 0 spiro atoms. The molecule has 0 amide bonds. The first kappa shape index (κ1) is 24.3. The van der Waals surface area contributed by atoms with Crippen molar-refractivity contribution >= 4 is 0 Å². The summed E-state index contributed by atoms with van der Waals surface area (Å²) >= 11 is 0. The van der Waals surface area contributed by atoms with E-state index >= 15 is 0 Å². The molecule has 1 N–H and O–H groups in total. The molecular formula is C28H30N4O3. The largest absolute Gasteiger partial charge is 0.472 e. The molecule has 7 nitrogen and oxygen atoms in total. The molecule has 2 aromatic heterocycles. The van der Waals surface area contributed by atoms with E-state index in [1.165, 1.54) is 0 Å². The number of aromatic nitrogens is 4. The summed E-state index contributed by atoms with van der Waals surface area (Å²) in [7, 11) is 0. The van der Waals surface area contributed by atoms with Gasteiger partial charge in [0.2, 0.25) is 5.88 Å². The summed E-state index contributed by atoms with van der Waals surface area (Å²) in [6.45, 7) is 11.1. The lowest BCUT2D eigenvalue weighted by atomic mass is 10.0. The maximum absolute atomic E-state index is 13.4. The van der Waals surface area contributed by atoms with E-state index in [0.717, 1.165) is 22.3 Å². The van der Waals surface area contributed by atoms with Crippen LogP contribution in [0.4, 0.5) is 0 Å². The number of hydrogen-bond donors (Lipinski definition) is 1. The molecule has 0 unspecified atom stereocenters. The van der Waals surface area contributed by atoms with E-state index in [1.807, 2.05) is 62.4 Å². The Morgan fingerprint density at radius 3 is 2.46 bits per heavy atom. The van der Waals surface area contributed by atoms with E-state index < -0.39 is 5.60 Å². The Hall–Kier alpha value is -3.84. The van der Waals surface area contributed by atoms with Gasteiger partial charge >= 0.3 is 0 Å². The first-order valence-corrected chi connectivity index (χ1v) is 11.5. The van der Waals surface area contributed by atoms with E-state index in [-0.39, 0.29) is 5.56 Å². The summed E-state index contributed by atoms with van der Waals surface area (Å²) in [5.41, 5.74) is 4.32. The number of benzene rings is 2. The van der Waals surface area contributed by atoms with Gasteiger partial charge in [-0.25, -0.2) is 9.97 Å². The molecule has 35 heavy (non-hydrogen) atoms. The molecule has 4 rings (SSSR count). The average Bonchev–Trinajstić information content (AvgIpc) is 2.80. The van der Waals surface area contributed by atoms with Gasteiger partial charge in [0.25, 0.3) is 5.56 Å². The van der Waals surface area contributed by atoms with Gasteiger partial charge < -0.3 is 9.84 Å². The van der Waals surface area contributed by atoms with Crippen molar-refractivity contribution in [1.29, 1.82) is 0 Å². The van der Waals surface area contributed by atoms with Crippen LogP contribution in [0.15, 0.2) is 59.5 Å². The van der Waals surface area contributed by atoms with Gasteiger partial charge in [-0.05, 0) is 64.8 Å². The zero-order valence-electron chi connectivity index (χ0n) is 21.0. The molecule has 0 saturated heterocycles. The van der Waals surface area contributed by atoms with Crippen molar-refractivity contribution in [3.8, 4) is 22.8 Å². The topological polar surface area (TPSA) is 90.1 Å². The van der Waals surface area contributed by atoms with Gasteiger partial charge in [0.05, 0.1) is 16.9 Å². The highest BCUT2D eigenvalue weighted by Gasteiger charge is 2.21. The zero-order valence-corrected chi connectivity index (χ0v) is 21.0. The fourth-order valence-corrected chi connectivity index (χ4v) is 3.91. The quantitative estimate of drug-likeness (QED) is 0.438. The third kappa shape index (κ3) is 5.15. The first-order valence-electron chi connectivity index (χ1n) is 11.5. The highest BCUT2D eigenvalue weighted by atomic mass is 16.5. The van der Waals surface area contributed by atoms with Crippen LogP contribution in [-0.4, -0.2) is 24.6 Å². The summed E-state index contributed by atoms with van der Waals surface area (Å²) in [5, 5.41) is 10.4. The lowest BCUT2D eigenvalue weighted by molar-refractivity contribution is 0.0688. The summed E-state index contributed by atoms with van der Waals surface area (Å²) < 4.78 is 7.49. The Bertz CT molecular complexity index is 1450. The summed E-state index contributed by atoms with van der Waals surface area (Å²) in [6.07, 6.45) is 1.70. The summed E-state index contributed by atoms with van der Waals surface area (Å²) in [4.78, 5) is 26.8. The monoisotopic (exact) mass is 470 g/mol. The molecule has 2 aromatic carbocycles. The van der Waals surface area contributed by atoms with Crippen molar-refractivity contribution < 1.29 is 9.84 Å². The van der Waals surface area contributed by atoms with Crippen LogP contribution >= 0.6 is 0 Å². The molecule has 0 bridgehead atoms. The number of aliphatic hydroxyl groups is 1. The van der Waals surface area contributed by atoms with E-state index in [4.69, 9.17) is 4.74 Å². The molecule has 0 radical (unpaired) electrons. The van der Waals surface area contributed by atoms with Crippen LogP contribution in [0.1, 0.15) is 47.8 Å². The Kier molecular flexibility index (Phi) is 6.54. The predicted octanol–water partition coefficient (Wildman–Crippen LogP) is 4.73. The number of ether oxygens (including phenoxy) is 1. The molecular weight excluding hydrogens is 440 g/mol. The second-order valence-corrected chi connectivity index (χ2v) is 9.34. The Labute approximate surface area is 205 Å². The third-order valence-electron chi connectivity index (χ3n) is 5.79. The Morgan fingerprint density at radius 2 is 1.74 bits per heavy atom. The van der Waals surface area contributed by atoms with Crippen LogP contribution in [0.2, 0.25) is 0 Å². The van der Waals surface area contributed by atoms with Crippen LogP contribution in [0.5, 0.6) is 5.88 Å². The second kappa shape index (κ2) is 9.43. The van der Waals surface area contributed by atoms with Crippen molar-refractivity contribution in [2.75, 3.05) is 0 Å². The molecule has 180 valence electrons. The minimum Gasteiger partial charge on any atom is -0.472 e. The van der Waals surface area contributed by atoms with Crippen molar-refractivity contribution in [1.82, 2.24) is 19.5 Å². The normalized spacial score (nSPS) is 11.5. The molecule has 2 heterocycles. The van der Waals surface area contributed by atoms with Gasteiger partial charge in [-0.1, -0.05) is 42.0 Å². The molecule has 0 fully saturated rings. The van der Waals surface area contributed by atoms with Crippen molar-refractivity contribution in [2.45, 2.75) is 53.8 Å². The fraction of sp³-hybridized carbons (Fsp3) is 0.286. The fourth-order valence-electron chi connectivity index (χ4n) is 3.91. The Morgan fingerprint density at radius 1 is 1.00 bits per heavy atom. The van der Waals surface area contributed by atoms with Gasteiger partial charge in [0, 0.05) is 11.8 Å². The van der Waals surface area contributed by atoms with Gasteiger partial charge in [-0.3, -0.25) is 9.36 Å². The standard InChI is InChI=1S/C28H30N4O3/c1-17-9-7-10-21(13-17)16-35-25-19(3)26(33)32(20(4)30-25)23-12-8-11-22(14-23)24-18(2)15-29-27(31-24)28(5,6)34/h7-15,34H,16H2,1-6H3. The minimum absolute atomic E-state index is 0.189. The lowest BCUT2D eigenvalue weighted by Gasteiger charge is -2.18. The SMILES string of the molecule is Cc1cccc(COc2nc(C)n(-c3cccc(-c4nc(C(C)(C)O)ncc4C)c3)c(=O)c2C)c1. The molecule has 0 aliphatic rings. The lowest BCUT2D eigenvalue weighted by Crippen LogP contribution is -2.25. The molecule has 0 saturated carbocycles. The van der Waals surface area contributed by atoms with E-state index in [2.05, 4.69) is 15.0 Å². The maximum atomic E-state index is 13.4. The van der Waals surface area contributed by atoms with Crippen molar-refractivity contribution in [3.63, 3.8) is 0 Å². The first-order chi connectivity index (χ1) is 16.5. The smallest absolute Gasteiger partial charge is 0.264 e. The van der Waals surface area contributed by atoms with Crippen LogP contribution in [0.25, 0.3) is 16.9 Å². The molecule has 4 aromatic rings.